The first-order valence-corrected chi connectivity index (χ1v) is 8.05. The Morgan fingerprint density at radius 2 is 2.00 bits per heavy atom. The van der Waals surface area contributed by atoms with Crippen LogP contribution in [0.1, 0.15) is 44.8 Å². The van der Waals surface area contributed by atoms with Crippen LogP contribution < -0.4 is 0 Å². The molecule has 2 aromatic rings. The number of para-hydroxylation sites is 1. The molecule has 0 amide bonds. The summed E-state index contributed by atoms with van der Waals surface area (Å²) in [5.41, 5.74) is 2.39. The third-order valence-corrected chi connectivity index (χ3v) is 5.21. The van der Waals surface area contributed by atoms with Crippen molar-refractivity contribution in [3.63, 3.8) is 0 Å². The number of hydrogen-bond acceptors (Lipinski definition) is 1. The third kappa shape index (κ3) is 2.23. The molecule has 1 aromatic carbocycles. The molecule has 2 nitrogen and oxygen atoms in total. The number of hydrogen-bond donors (Lipinski definition) is 0. The van der Waals surface area contributed by atoms with E-state index >= 15 is 0 Å². The van der Waals surface area contributed by atoms with Gasteiger partial charge in [-0.2, -0.15) is 0 Å². The standard InChI is InChI=1S/C16H20Cl2N2/c1-10(2)16(7-8-16)9-20-13-6-4-5-12(18)14(13)19-15(20)11(3)17/h4-6,10-11H,7-9H2,1-3H3. The van der Waals surface area contributed by atoms with E-state index < -0.39 is 0 Å². The number of rotatable bonds is 4. The Kier molecular flexibility index (Phi) is 3.50. The van der Waals surface area contributed by atoms with Crippen LogP contribution in [-0.2, 0) is 6.54 Å². The minimum absolute atomic E-state index is 0.110. The molecule has 1 fully saturated rings. The van der Waals surface area contributed by atoms with Gasteiger partial charge in [-0.25, -0.2) is 4.98 Å². The highest BCUT2D eigenvalue weighted by molar-refractivity contribution is 6.35. The van der Waals surface area contributed by atoms with Gasteiger partial charge in [-0.3, -0.25) is 0 Å². The molecule has 4 heteroatoms. The number of nitrogens with zero attached hydrogens (tertiary/aromatic N) is 2. The summed E-state index contributed by atoms with van der Waals surface area (Å²) >= 11 is 12.6. The first-order chi connectivity index (χ1) is 9.44. The molecule has 1 heterocycles. The molecule has 3 rings (SSSR count). The lowest BCUT2D eigenvalue weighted by molar-refractivity contribution is 0.308. The molecule has 1 saturated carbocycles. The van der Waals surface area contributed by atoms with Crippen LogP contribution in [0, 0.1) is 11.3 Å². The molecule has 0 radical (unpaired) electrons. The second-order valence-corrected chi connectivity index (χ2v) is 7.36. The molecule has 20 heavy (non-hydrogen) atoms. The topological polar surface area (TPSA) is 17.8 Å². The van der Waals surface area contributed by atoms with Gasteiger partial charge < -0.3 is 4.57 Å². The van der Waals surface area contributed by atoms with E-state index in [9.17, 15) is 0 Å². The molecule has 0 saturated heterocycles. The van der Waals surface area contributed by atoms with Crippen molar-refractivity contribution in [2.24, 2.45) is 11.3 Å². The molecule has 0 spiro atoms. The zero-order chi connectivity index (χ0) is 14.5. The van der Waals surface area contributed by atoms with Crippen molar-refractivity contribution in [3.8, 4) is 0 Å². The van der Waals surface area contributed by atoms with Crippen LogP contribution in [0.25, 0.3) is 11.0 Å². The molecule has 0 aliphatic heterocycles. The molecule has 108 valence electrons. The Hall–Kier alpha value is -0.730. The molecule has 0 bridgehead atoms. The zero-order valence-corrected chi connectivity index (χ0v) is 13.7. The van der Waals surface area contributed by atoms with Crippen LogP contribution in [-0.4, -0.2) is 9.55 Å². The lowest BCUT2D eigenvalue weighted by Crippen LogP contribution is -2.19. The summed E-state index contributed by atoms with van der Waals surface area (Å²) in [5, 5.41) is 0.593. The van der Waals surface area contributed by atoms with Crippen molar-refractivity contribution in [2.45, 2.75) is 45.5 Å². The van der Waals surface area contributed by atoms with Gasteiger partial charge in [0, 0.05) is 6.54 Å². The van der Waals surface area contributed by atoms with Gasteiger partial charge in [0.1, 0.15) is 11.3 Å². The van der Waals surface area contributed by atoms with Gasteiger partial charge in [0.2, 0.25) is 0 Å². The van der Waals surface area contributed by atoms with Crippen LogP contribution in [0.5, 0.6) is 0 Å². The summed E-state index contributed by atoms with van der Waals surface area (Å²) in [6.45, 7) is 7.59. The highest BCUT2D eigenvalue weighted by Gasteiger charge is 2.46. The van der Waals surface area contributed by atoms with Crippen LogP contribution in [0.2, 0.25) is 5.02 Å². The lowest BCUT2D eigenvalue weighted by Gasteiger charge is -2.22. The van der Waals surface area contributed by atoms with E-state index in [-0.39, 0.29) is 5.38 Å². The van der Waals surface area contributed by atoms with Gasteiger partial charge in [-0.1, -0.05) is 31.5 Å². The Bertz CT molecular complexity index is 639. The van der Waals surface area contributed by atoms with Gasteiger partial charge in [-0.05, 0) is 43.2 Å². The number of fused-ring (bicyclic) bond motifs is 1. The molecular formula is C16H20Cl2N2. The van der Waals surface area contributed by atoms with Crippen molar-refractivity contribution in [1.82, 2.24) is 9.55 Å². The fourth-order valence-electron chi connectivity index (χ4n) is 2.99. The highest BCUT2D eigenvalue weighted by atomic mass is 35.5. The maximum Gasteiger partial charge on any atom is 0.127 e. The maximum absolute atomic E-state index is 6.33. The Labute approximate surface area is 130 Å². The van der Waals surface area contributed by atoms with Gasteiger partial charge >= 0.3 is 0 Å². The van der Waals surface area contributed by atoms with Crippen molar-refractivity contribution in [2.75, 3.05) is 0 Å². The number of aromatic nitrogens is 2. The van der Waals surface area contributed by atoms with E-state index in [2.05, 4.69) is 29.5 Å². The Morgan fingerprint density at radius 1 is 1.30 bits per heavy atom. The second-order valence-electron chi connectivity index (χ2n) is 6.30. The van der Waals surface area contributed by atoms with E-state index in [1.807, 2.05) is 19.1 Å². The van der Waals surface area contributed by atoms with E-state index in [1.165, 1.54) is 12.8 Å². The summed E-state index contributed by atoms with van der Waals surface area (Å²) in [7, 11) is 0. The summed E-state index contributed by atoms with van der Waals surface area (Å²) < 4.78 is 2.28. The molecule has 1 aromatic heterocycles. The van der Waals surface area contributed by atoms with Crippen LogP contribution in [0.4, 0.5) is 0 Å². The monoisotopic (exact) mass is 310 g/mol. The van der Waals surface area contributed by atoms with Crippen molar-refractivity contribution < 1.29 is 0 Å². The largest absolute Gasteiger partial charge is 0.326 e. The number of imidazole rings is 1. The quantitative estimate of drug-likeness (QED) is 0.689. The van der Waals surface area contributed by atoms with Gasteiger partial charge in [0.05, 0.1) is 15.9 Å². The van der Waals surface area contributed by atoms with E-state index in [4.69, 9.17) is 23.2 Å². The van der Waals surface area contributed by atoms with Crippen LogP contribution in [0.15, 0.2) is 18.2 Å². The summed E-state index contributed by atoms with van der Waals surface area (Å²) in [6, 6.07) is 5.97. The van der Waals surface area contributed by atoms with Crippen molar-refractivity contribution >= 4 is 34.2 Å². The summed E-state index contributed by atoms with van der Waals surface area (Å²) in [4.78, 5) is 4.68. The SMILES string of the molecule is CC(Cl)c1nc2c(Cl)cccc2n1CC1(C(C)C)CC1. The van der Waals surface area contributed by atoms with E-state index in [0.717, 1.165) is 23.4 Å². The van der Waals surface area contributed by atoms with Crippen molar-refractivity contribution in [1.29, 1.82) is 0 Å². The molecule has 1 aliphatic rings. The number of alkyl halides is 1. The van der Waals surface area contributed by atoms with Gasteiger partial charge in [0.15, 0.2) is 0 Å². The normalized spacial score (nSPS) is 18.7. The van der Waals surface area contributed by atoms with E-state index in [0.29, 0.717) is 16.4 Å². The van der Waals surface area contributed by atoms with E-state index in [1.54, 1.807) is 0 Å². The minimum Gasteiger partial charge on any atom is -0.326 e. The summed E-state index contributed by atoms with van der Waals surface area (Å²) in [5.74, 6) is 1.61. The predicted octanol–water partition coefficient (Wildman–Crippen LogP) is 5.43. The minimum atomic E-state index is -0.110. The first-order valence-electron chi connectivity index (χ1n) is 7.23. The zero-order valence-electron chi connectivity index (χ0n) is 12.2. The smallest absolute Gasteiger partial charge is 0.127 e. The van der Waals surface area contributed by atoms with Crippen LogP contribution >= 0.6 is 23.2 Å². The molecule has 1 atom stereocenters. The highest BCUT2D eigenvalue weighted by Crippen LogP contribution is 2.53. The molecule has 0 N–H and O–H groups in total. The maximum atomic E-state index is 6.33. The number of benzene rings is 1. The summed E-state index contributed by atoms with van der Waals surface area (Å²) in [6.07, 6.45) is 2.59. The fraction of sp³-hybridized carbons (Fsp3) is 0.562. The average molecular weight is 311 g/mol. The predicted molar refractivity (Wildman–Crippen MR) is 85.5 cm³/mol. The third-order valence-electron chi connectivity index (χ3n) is 4.70. The average Bonchev–Trinajstić information content (AvgIpc) is 3.07. The Morgan fingerprint density at radius 3 is 2.55 bits per heavy atom. The van der Waals surface area contributed by atoms with Crippen LogP contribution in [0.3, 0.4) is 0 Å². The fourth-order valence-corrected chi connectivity index (χ4v) is 3.37. The second kappa shape index (κ2) is 4.92. The van der Waals surface area contributed by atoms with Crippen molar-refractivity contribution in [3.05, 3.63) is 29.0 Å². The molecule has 1 aliphatic carbocycles. The first kappa shape index (κ1) is 14.2. The lowest BCUT2D eigenvalue weighted by atomic mass is 9.92. The Balaban J connectivity index is 2.13. The molecular weight excluding hydrogens is 291 g/mol. The molecule has 1 unspecified atom stereocenters. The van der Waals surface area contributed by atoms with Gasteiger partial charge in [-0.15, -0.1) is 11.6 Å². The van der Waals surface area contributed by atoms with Gasteiger partial charge in [0.25, 0.3) is 0 Å². The number of halogens is 2.